The molecule has 12 aromatic rings. The van der Waals surface area contributed by atoms with Gasteiger partial charge in [-0.3, -0.25) is 9.47 Å². The molecule has 2 aliphatic rings. The summed E-state index contributed by atoms with van der Waals surface area (Å²) in [5.41, 5.74) is 17.9. The van der Waals surface area contributed by atoms with E-state index in [9.17, 15) is 0 Å². The SMILES string of the molecule is c1ccc(N2c3ccccc3N(c3ccccc3)c3c2c2cc(N(c4ccc5c(c4)C(c4ccccc4)(c4ccccc4)c4ccccc4-5)c4ccc5ccccc5c4)ccc2n3-c2ccccc2)cc1. The summed E-state index contributed by atoms with van der Waals surface area (Å²) in [6, 6.07) is 102. The van der Waals surface area contributed by atoms with Crippen LogP contribution in [0.15, 0.2) is 279 Å². The highest BCUT2D eigenvalue weighted by Gasteiger charge is 2.46. The molecule has 0 radical (unpaired) electrons. The lowest BCUT2D eigenvalue weighted by Gasteiger charge is -2.39. The van der Waals surface area contributed by atoms with E-state index in [-0.39, 0.29) is 0 Å². The minimum absolute atomic E-state index is 0.556. The van der Waals surface area contributed by atoms with Gasteiger partial charge < -0.3 is 9.80 Å². The zero-order valence-corrected chi connectivity index (χ0v) is 38.8. The normalized spacial score (nSPS) is 13.1. The molecule has 0 unspecified atom stereocenters. The van der Waals surface area contributed by atoms with Crippen molar-refractivity contribution < 1.29 is 0 Å². The molecule has 4 heteroatoms. The lowest BCUT2D eigenvalue weighted by Crippen LogP contribution is -2.28. The number of nitrogens with zero attached hydrogens (tertiary/aromatic N) is 4. The van der Waals surface area contributed by atoms with E-state index < -0.39 is 5.41 Å². The minimum Gasteiger partial charge on any atom is -0.310 e. The molecule has 0 bridgehead atoms. The summed E-state index contributed by atoms with van der Waals surface area (Å²) >= 11 is 0. The molecule has 0 fully saturated rings. The maximum atomic E-state index is 2.48. The lowest BCUT2D eigenvalue weighted by atomic mass is 9.67. The molecule has 0 atom stereocenters. The molecule has 4 nitrogen and oxygen atoms in total. The predicted molar refractivity (Wildman–Crippen MR) is 296 cm³/mol. The fourth-order valence-electron chi connectivity index (χ4n) is 11.7. The highest BCUT2D eigenvalue weighted by Crippen LogP contribution is 2.60. The lowest BCUT2D eigenvalue weighted by molar-refractivity contribution is 0.768. The summed E-state index contributed by atoms with van der Waals surface area (Å²) in [5.74, 6) is 1.07. The highest BCUT2D eigenvalue weighted by atomic mass is 15.3. The topological polar surface area (TPSA) is 14.7 Å². The monoisotopic (exact) mass is 906 g/mol. The summed E-state index contributed by atoms with van der Waals surface area (Å²) in [4.78, 5) is 7.39. The molecule has 0 saturated carbocycles. The first kappa shape index (κ1) is 40.7. The van der Waals surface area contributed by atoms with Crippen LogP contribution in [0.2, 0.25) is 0 Å². The van der Waals surface area contributed by atoms with Gasteiger partial charge in [0.15, 0.2) is 0 Å². The smallest absolute Gasteiger partial charge is 0.148 e. The predicted octanol–water partition coefficient (Wildman–Crippen LogP) is 17.9. The molecule has 14 rings (SSSR count). The summed E-state index contributed by atoms with van der Waals surface area (Å²) in [6.07, 6.45) is 0. The molecule has 0 amide bonds. The average molecular weight is 907 g/mol. The molecule has 1 aliphatic heterocycles. The van der Waals surface area contributed by atoms with Gasteiger partial charge in [0, 0.05) is 39.5 Å². The van der Waals surface area contributed by atoms with Crippen molar-refractivity contribution in [3.8, 4) is 16.8 Å². The average Bonchev–Trinajstić information content (AvgIpc) is 3.94. The third kappa shape index (κ3) is 6.25. The van der Waals surface area contributed by atoms with Gasteiger partial charge in [-0.05, 0) is 135 Å². The van der Waals surface area contributed by atoms with Gasteiger partial charge in [-0.15, -0.1) is 0 Å². The van der Waals surface area contributed by atoms with E-state index in [2.05, 4.69) is 298 Å². The molecule has 71 heavy (non-hydrogen) atoms. The van der Waals surface area contributed by atoms with Crippen molar-refractivity contribution in [1.82, 2.24) is 4.57 Å². The van der Waals surface area contributed by atoms with Gasteiger partial charge in [-0.25, -0.2) is 0 Å². The quantitative estimate of drug-likeness (QED) is 0.151. The Bertz CT molecular complexity index is 3900. The third-order valence-electron chi connectivity index (χ3n) is 14.7. The summed E-state index contributed by atoms with van der Waals surface area (Å²) in [7, 11) is 0. The Morgan fingerprint density at radius 3 is 1.48 bits per heavy atom. The van der Waals surface area contributed by atoms with Crippen LogP contribution in [-0.4, -0.2) is 4.57 Å². The van der Waals surface area contributed by atoms with Crippen molar-refractivity contribution >= 4 is 73.0 Å². The largest absolute Gasteiger partial charge is 0.310 e. The van der Waals surface area contributed by atoms with Crippen LogP contribution < -0.4 is 14.7 Å². The first-order valence-electron chi connectivity index (χ1n) is 24.4. The van der Waals surface area contributed by atoms with E-state index in [1.807, 2.05) is 0 Å². The van der Waals surface area contributed by atoms with Crippen molar-refractivity contribution in [1.29, 1.82) is 0 Å². The van der Waals surface area contributed by atoms with Crippen LogP contribution in [0, 0.1) is 0 Å². The van der Waals surface area contributed by atoms with Crippen LogP contribution in [-0.2, 0) is 5.41 Å². The zero-order chi connectivity index (χ0) is 46.9. The molecule has 2 heterocycles. The first-order chi connectivity index (χ1) is 35.3. The Morgan fingerprint density at radius 2 is 0.803 bits per heavy atom. The molecule has 0 spiro atoms. The molecule has 0 saturated heterocycles. The summed E-state index contributed by atoms with van der Waals surface area (Å²) < 4.78 is 2.45. The van der Waals surface area contributed by atoms with Crippen molar-refractivity contribution in [3.05, 3.63) is 301 Å². The van der Waals surface area contributed by atoms with Crippen LogP contribution in [0.4, 0.5) is 51.3 Å². The van der Waals surface area contributed by atoms with Crippen LogP contribution in [0.25, 0.3) is 38.5 Å². The Kier molecular flexibility index (Phi) is 9.39. The van der Waals surface area contributed by atoms with Gasteiger partial charge >= 0.3 is 0 Å². The van der Waals surface area contributed by atoms with E-state index in [1.54, 1.807) is 0 Å². The molecular formula is C67H46N4. The first-order valence-corrected chi connectivity index (χ1v) is 24.4. The van der Waals surface area contributed by atoms with Gasteiger partial charge in [-0.2, -0.15) is 0 Å². The van der Waals surface area contributed by atoms with Crippen LogP contribution in [0.3, 0.4) is 0 Å². The Hall–Kier alpha value is -9.38. The number of anilines is 9. The maximum Gasteiger partial charge on any atom is 0.148 e. The van der Waals surface area contributed by atoms with E-state index in [1.165, 1.54) is 44.2 Å². The van der Waals surface area contributed by atoms with Crippen molar-refractivity contribution in [2.24, 2.45) is 0 Å². The van der Waals surface area contributed by atoms with Gasteiger partial charge in [0.05, 0.1) is 28.0 Å². The Labute approximate surface area is 413 Å². The molecule has 334 valence electrons. The third-order valence-corrected chi connectivity index (χ3v) is 14.7. The minimum atomic E-state index is -0.556. The fourth-order valence-corrected chi connectivity index (χ4v) is 11.7. The highest BCUT2D eigenvalue weighted by molar-refractivity contribution is 6.14. The van der Waals surface area contributed by atoms with Crippen LogP contribution >= 0.6 is 0 Å². The number of rotatable bonds is 8. The Morgan fingerprint density at radius 1 is 0.324 bits per heavy atom. The zero-order valence-electron chi connectivity index (χ0n) is 38.8. The summed E-state index contributed by atoms with van der Waals surface area (Å²) in [5, 5.41) is 3.52. The van der Waals surface area contributed by atoms with E-state index in [0.29, 0.717) is 0 Å². The van der Waals surface area contributed by atoms with Gasteiger partial charge in [-0.1, -0.05) is 188 Å². The molecule has 1 aromatic heterocycles. The van der Waals surface area contributed by atoms with Crippen LogP contribution in [0.5, 0.6) is 0 Å². The van der Waals surface area contributed by atoms with Gasteiger partial charge in [0.2, 0.25) is 0 Å². The van der Waals surface area contributed by atoms with Gasteiger partial charge in [0.1, 0.15) is 5.82 Å². The molecular weight excluding hydrogens is 861 g/mol. The molecule has 11 aromatic carbocycles. The molecule has 0 N–H and O–H groups in total. The number of hydrogen-bond donors (Lipinski definition) is 0. The van der Waals surface area contributed by atoms with Crippen molar-refractivity contribution in [3.63, 3.8) is 0 Å². The standard InChI is InChI=1S/C67H46N4/c1-6-24-49(25-7-1)67(50-26-8-2-9-27-50)60-35-19-18-34-57(60)58-42-40-56(46-61(58)67)68(54-39-38-47-22-16-17-23-48(47)44-54)55-41-43-62-59(45-55)65-66(70(62)52-30-12-4-13-31-52)71(53-32-14-5-15-33-53)64-37-21-20-36-63(64)69(65)51-28-10-3-11-29-51/h1-46H. The number of fused-ring (bicyclic) bond motifs is 8. The maximum absolute atomic E-state index is 2.48. The van der Waals surface area contributed by atoms with Gasteiger partial charge in [0.25, 0.3) is 0 Å². The van der Waals surface area contributed by atoms with E-state index >= 15 is 0 Å². The van der Waals surface area contributed by atoms with Crippen LogP contribution in [0.1, 0.15) is 22.3 Å². The molecule has 1 aliphatic carbocycles. The second kappa shape index (κ2) is 16.4. The number of aromatic nitrogens is 1. The Balaban J connectivity index is 1.08. The second-order valence-electron chi connectivity index (χ2n) is 18.5. The fraction of sp³-hybridized carbons (Fsp3) is 0.0149. The number of para-hydroxylation sites is 5. The number of hydrogen-bond acceptors (Lipinski definition) is 3. The van der Waals surface area contributed by atoms with Crippen molar-refractivity contribution in [2.45, 2.75) is 5.41 Å². The van der Waals surface area contributed by atoms with Crippen molar-refractivity contribution in [2.75, 3.05) is 14.7 Å². The van der Waals surface area contributed by atoms with E-state index in [0.717, 1.165) is 67.9 Å². The van der Waals surface area contributed by atoms with E-state index in [4.69, 9.17) is 0 Å². The second-order valence-corrected chi connectivity index (χ2v) is 18.5. The number of benzene rings is 11. The summed E-state index contributed by atoms with van der Waals surface area (Å²) in [6.45, 7) is 0.